The highest BCUT2D eigenvalue weighted by molar-refractivity contribution is 6.03. The van der Waals surface area contributed by atoms with Crippen molar-refractivity contribution in [1.29, 1.82) is 0 Å². The van der Waals surface area contributed by atoms with E-state index in [9.17, 15) is 14.0 Å². The summed E-state index contributed by atoms with van der Waals surface area (Å²) in [6, 6.07) is 15.2. The molecule has 0 radical (unpaired) electrons. The van der Waals surface area contributed by atoms with Gasteiger partial charge in [-0.2, -0.15) is 0 Å². The zero-order chi connectivity index (χ0) is 29.1. The van der Waals surface area contributed by atoms with Gasteiger partial charge in [0, 0.05) is 42.6 Å². The van der Waals surface area contributed by atoms with Gasteiger partial charge in [0.05, 0.1) is 17.9 Å². The number of aromatic nitrogens is 4. The van der Waals surface area contributed by atoms with Crippen LogP contribution in [0.4, 0.5) is 10.2 Å². The second kappa shape index (κ2) is 11.8. The highest BCUT2D eigenvalue weighted by Gasteiger charge is 2.19. The average Bonchev–Trinajstić information content (AvgIpc) is 3.00. The number of anilines is 1. The first kappa shape index (κ1) is 27.0. The van der Waals surface area contributed by atoms with Crippen molar-refractivity contribution >= 4 is 22.6 Å². The van der Waals surface area contributed by atoms with Crippen LogP contribution in [0.1, 0.15) is 23.2 Å². The molecule has 0 spiro atoms. The maximum atomic E-state index is 13.3. The zero-order valence-corrected chi connectivity index (χ0v) is 22.7. The van der Waals surface area contributed by atoms with Crippen LogP contribution in [0.2, 0.25) is 0 Å². The fraction of sp³-hybridized carbons (Fsp3) is 0.194. The summed E-state index contributed by atoms with van der Waals surface area (Å²) in [5, 5.41) is 3.38. The van der Waals surface area contributed by atoms with E-state index in [0.29, 0.717) is 28.6 Å². The molecule has 212 valence electrons. The number of pyridine rings is 4. The van der Waals surface area contributed by atoms with Crippen molar-refractivity contribution in [3.8, 4) is 23.1 Å². The number of rotatable bonds is 7. The fourth-order valence-corrected chi connectivity index (χ4v) is 4.73. The number of nitrogens with zero attached hydrogens (tertiary/aromatic N) is 5. The molecule has 42 heavy (non-hydrogen) atoms. The minimum Gasteiger partial charge on any atom is -0.474 e. The number of benzene rings is 1. The maximum Gasteiger partial charge on any atom is 0.267 e. The highest BCUT2D eigenvalue weighted by atomic mass is 19.1. The Morgan fingerprint density at radius 3 is 2.57 bits per heavy atom. The van der Waals surface area contributed by atoms with Crippen LogP contribution in [0.25, 0.3) is 16.6 Å². The predicted octanol–water partition coefficient (Wildman–Crippen LogP) is 4.83. The fourth-order valence-electron chi connectivity index (χ4n) is 4.73. The number of hydrogen-bond acceptors (Lipinski definition) is 8. The number of carbonyl (C=O) groups excluding carboxylic acids is 1. The van der Waals surface area contributed by atoms with Gasteiger partial charge in [-0.3, -0.25) is 19.1 Å². The second-order valence-corrected chi connectivity index (χ2v) is 9.98. The Morgan fingerprint density at radius 2 is 1.81 bits per heavy atom. The number of ether oxygens (including phenoxy) is 2. The summed E-state index contributed by atoms with van der Waals surface area (Å²) in [6.07, 6.45) is 8.28. The third-order valence-corrected chi connectivity index (χ3v) is 7.02. The summed E-state index contributed by atoms with van der Waals surface area (Å²) in [4.78, 5) is 41.2. The van der Waals surface area contributed by atoms with Gasteiger partial charge in [-0.1, -0.05) is 0 Å². The van der Waals surface area contributed by atoms with Crippen molar-refractivity contribution in [3.05, 3.63) is 107 Å². The molecule has 0 unspecified atom stereocenters. The third-order valence-electron chi connectivity index (χ3n) is 7.02. The van der Waals surface area contributed by atoms with Crippen LogP contribution in [0.15, 0.2) is 90.2 Å². The van der Waals surface area contributed by atoms with E-state index < -0.39 is 17.3 Å². The summed E-state index contributed by atoms with van der Waals surface area (Å²) < 4.78 is 26.8. The lowest BCUT2D eigenvalue weighted by Gasteiger charge is -2.28. The van der Waals surface area contributed by atoms with E-state index in [1.807, 2.05) is 6.07 Å². The largest absolute Gasteiger partial charge is 0.474 e. The van der Waals surface area contributed by atoms with Crippen LogP contribution in [-0.4, -0.2) is 56.6 Å². The molecule has 5 heterocycles. The van der Waals surface area contributed by atoms with E-state index in [0.717, 1.165) is 31.3 Å². The lowest BCUT2D eigenvalue weighted by Crippen LogP contribution is -2.35. The van der Waals surface area contributed by atoms with Gasteiger partial charge in [0.2, 0.25) is 5.88 Å². The van der Waals surface area contributed by atoms with Crippen LogP contribution in [0.3, 0.4) is 0 Å². The molecule has 6 rings (SSSR count). The van der Waals surface area contributed by atoms with Crippen molar-refractivity contribution in [3.63, 3.8) is 0 Å². The van der Waals surface area contributed by atoms with Crippen molar-refractivity contribution in [1.82, 2.24) is 24.4 Å². The minimum atomic E-state index is -0.623. The van der Waals surface area contributed by atoms with Gasteiger partial charge in [0.1, 0.15) is 34.8 Å². The van der Waals surface area contributed by atoms with Crippen LogP contribution < -0.4 is 20.3 Å². The molecule has 10 nitrogen and oxygen atoms in total. The number of fused-ring (bicyclic) bond motifs is 1. The summed E-state index contributed by atoms with van der Waals surface area (Å²) in [5.41, 5.74) is 0.476. The summed E-state index contributed by atoms with van der Waals surface area (Å²) in [6.45, 7) is 1.97. The molecule has 1 fully saturated rings. The Hall–Kier alpha value is -5.16. The van der Waals surface area contributed by atoms with Gasteiger partial charge >= 0.3 is 0 Å². The Morgan fingerprint density at radius 1 is 1.00 bits per heavy atom. The normalized spacial score (nSPS) is 14.0. The predicted molar refractivity (Wildman–Crippen MR) is 155 cm³/mol. The number of likely N-dealkylation sites (tertiary alicyclic amines) is 1. The molecule has 4 aromatic heterocycles. The molecule has 1 aromatic carbocycles. The lowest BCUT2D eigenvalue weighted by atomic mass is 10.1. The molecule has 1 saturated heterocycles. The first-order valence-corrected chi connectivity index (χ1v) is 13.5. The van der Waals surface area contributed by atoms with Crippen molar-refractivity contribution < 1.29 is 18.7 Å². The second-order valence-electron chi connectivity index (χ2n) is 9.98. The molecular weight excluding hydrogens is 539 g/mol. The third kappa shape index (κ3) is 5.96. The van der Waals surface area contributed by atoms with Crippen molar-refractivity contribution in [2.45, 2.75) is 18.9 Å². The quantitative estimate of drug-likeness (QED) is 0.298. The van der Waals surface area contributed by atoms with Gasteiger partial charge in [-0.15, -0.1) is 0 Å². The number of nitrogens with one attached hydrogen (secondary N) is 1. The Balaban J connectivity index is 1.15. The average molecular weight is 567 g/mol. The first-order chi connectivity index (χ1) is 20.4. The van der Waals surface area contributed by atoms with Crippen LogP contribution in [-0.2, 0) is 0 Å². The number of hydrogen-bond donors (Lipinski definition) is 1. The summed E-state index contributed by atoms with van der Waals surface area (Å²) in [5.74, 6) is 0.706. The maximum absolute atomic E-state index is 13.3. The zero-order valence-electron chi connectivity index (χ0n) is 22.7. The molecule has 11 heteroatoms. The molecule has 1 aliphatic heterocycles. The van der Waals surface area contributed by atoms with E-state index in [1.54, 1.807) is 36.7 Å². The molecule has 1 N–H and O–H groups in total. The first-order valence-electron chi connectivity index (χ1n) is 13.5. The van der Waals surface area contributed by atoms with Gasteiger partial charge in [0.15, 0.2) is 0 Å². The number of halogens is 1. The monoisotopic (exact) mass is 566 g/mol. The lowest BCUT2D eigenvalue weighted by molar-refractivity contribution is 0.102. The van der Waals surface area contributed by atoms with E-state index in [-0.39, 0.29) is 17.5 Å². The minimum absolute atomic E-state index is 0.0842. The van der Waals surface area contributed by atoms with Crippen molar-refractivity contribution in [2.75, 3.05) is 25.5 Å². The smallest absolute Gasteiger partial charge is 0.267 e. The van der Waals surface area contributed by atoms with E-state index in [4.69, 9.17) is 9.47 Å². The van der Waals surface area contributed by atoms with Gasteiger partial charge in [-0.05, 0) is 74.5 Å². The van der Waals surface area contributed by atoms with Crippen LogP contribution in [0.5, 0.6) is 17.4 Å². The van der Waals surface area contributed by atoms with Gasteiger partial charge in [-0.25, -0.2) is 14.4 Å². The Labute approximate surface area is 240 Å². The molecule has 5 aromatic rings. The van der Waals surface area contributed by atoms with Gasteiger partial charge in [0.25, 0.3) is 11.5 Å². The summed E-state index contributed by atoms with van der Waals surface area (Å²) >= 11 is 0. The van der Waals surface area contributed by atoms with E-state index >= 15 is 0 Å². The summed E-state index contributed by atoms with van der Waals surface area (Å²) in [7, 11) is 2.10. The molecular formula is C31H27FN6O4. The van der Waals surface area contributed by atoms with E-state index in [1.165, 1.54) is 47.3 Å². The number of carbonyl (C=O) groups is 1. The highest BCUT2D eigenvalue weighted by Crippen LogP contribution is 2.31. The molecule has 0 atom stereocenters. The molecule has 1 aliphatic rings. The Bertz CT molecular complexity index is 1790. The van der Waals surface area contributed by atoms with Crippen LogP contribution >= 0.6 is 0 Å². The Kier molecular flexibility index (Phi) is 7.56. The number of piperidine rings is 1. The molecule has 0 bridgehead atoms. The van der Waals surface area contributed by atoms with Crippen LogP contribution in [0, 0.1) is 5.82 Å². The molecule has 0 aliphatic carbocycles. The SMILES string of the molecule is CN1CCC(Oc2cc3c(Oc4ccc(NC(=O)c5cccn(-c6ccc(F)cc6)c5=O)nc4)ccnc3cn2)CC1. The molecule has 1 amide bonds. The van der Waals surface area contributed by atoms with E-state index in [2.05, 4.69) is 32.2 Å². The molecule has 0 saturated carbocycles. The topological polar surface area (TPSA) is 111 Å². The number of amides is 1. The standard InChI is InChI=1S/C31H27FN6O4/c1-37-15-11-22(12-16-37)42-29-17-25-26(19-35-29)33-13-10-27(25)41-23-8-9-28(34-18-23)36-30(39)24-3-2-14-38(31(24)40)21-6-4-20(32)5-7-21/h2-10,13-14,17-19,22H,11-12,15-16H2,1H3,(H,34,36,39). The van der Waals surface area contributed by atoms with Gasteiger partial charge < -0.3 is 19.7 Å². The van der Waals surface area contributed by atoms with Crippen molar-refractivity contribution in [2.24, 2.45) is 0 Å².